The van der Waals surface area contributed by atoms with E-state index in [1.807, 2.05) is 30.0 Å². The molecule has 29 heavy (non-hydrogen) atoms. The fraction of sp³-hybridized carbons (Fsp3) is 0.429. The van der Waals surface area contributed by atoms with Crippen LogP contribution in [0.5, 0.6) is 0 Å². The van der Waals surface area contributed by atoms with Gasteiger partial charge in [0.15, 0.2) is 0 Å². The summed E-state index contributed by atoms with van der Waals surface area (Å²) in [6.07, 6.45) is 1.97. The highest BCUT2D eigenvalue weighted by molar-refractivity contribution is 5.99. The van der Waals surface area contributed by atoms with Crippen molar-refractivity contribution in [1.82, 2.24) is 20.6 Å². The normalized spacial score (nSPS) is 20.9. The van der Waals surface area contributed by atoms with Gasteiger partial charge in [-0.1, -0.05) is 18.2 Å². The summed E-state index contributed by atoms with van der Waals surface area (Å²) in [7, 11) is 0. The van der Waals surface area contributed by atoms with Gasteiger partial charge in [-0.2, -0.15) is 0 Å². The van der Waals surface area contributed by atoms with Crippen LogP contribution in [0, 0.1) is 13.8 Å². The maximum atomic E-state index is 12.6. The third-order valence-corrected chi connectivity index (χ3v) is 5.74. The molecule has 2 unspecified atom stereocenters. The summed E-state index contributed by atoms with van der Waals surface area (Å²) in [5.74, 6) is 0.321. The molecule has 0 bridgehead atoms. The van der Waals surface area contributed by atoms with E-state index in [4.69, 9.17) is 0 Å². The predicted octanol–water partition coefficient (Wildman–Crippen LogP) is 1.35. The largest absolute Gasteiger partial charge is 0.352 e. The number of fused-ring (bicyclic) bond motifs is 1. The number of aromatic nitrogens is 2. The molecule has 152 valence electrons. The van der Waals surface area contributed by atoms with Gasteiger partial charge >= 0.3 is 0 Å². The molecule has 4 rings (SSSR count). The summed E-state index contributed by atoms with van der Waals surface area (Å²) < 4.78 is 0. The fourth-order valence-electron chi connectivity index (χ4n) is 4.02. The van der Waals surface area contributed by atoms with Gasteiger partial charge in [-0.25, -0.2) is 4.98 Å². The monoisotopic (exact) mass is 395 g/mol. The first-order valence-corrected chi connectivity index (χ1v) is 9.94. The molecule has 1 aromatic heterocycles. The molecular formula is C21H25N5O3. The zero-order chi connectivity index (χ0) is 20.5. The van der Waals surface area contributed by atoms with Crippen molar-refractivity contribution >= 4 is 17.8 Å². The topological polar surface area (TPSA) is 107 Å². The molecule has 2 aromatic rings. The molecule has 2 amide bonds. The first-order chi connectivity index (χ1) is 13.9. The van der Waals surface area contributed by atoms with Gasteiger partial charge in [0.2, 0.25) is 11.9 Å². The quantitative estimate of drug-likeness (QED) is 0.724. The number of aromatic amines is 1. The second-order valence-electron chi connectivity index (χ2n) is 7.77. The number of rotatable bonds is 4. The molecule has 1 fully saturated rings. The minimum atomic E-state index is -0.295. The van der Waals surface area contributed by atoms with E-state index < -0.39 is 0 Å². The molecule has 0 spiro atoms. The third-order valence-electron chi connectivity index (χ3n) is 5.74. The van der Waals surface area contributed by atoms with E-state index in [0.717, 1.165) is 24.9 Å². The van der Waals surface area contributed by atoms with Crippen LogP contribution in [0.2, 0.25) is 0 Å². The van der Waals surface area contributed by atoms with Crippen LogP contribution in [0.1, 0.15) is 52.5 Å². The second kappa shape index (κ2) is 7.69. The Bertz CT molecular complexity index is 1020. The van der Waals surface area contributed by atoms with E-state index in [-0.39, 0.29) is 35.9 Å². The number of carbonyl (C=O) groups is 2. The summed E-state index contributed by atoms with van der Waals surface area (Å²) in [4.78, 5) is 46.1. The van der Waals surface area contributed by atoms with Gasteiger partial charge < -0.3 is 15.5 Å². The zero-order valence-electron chi connectivity index (χ0n) is 16.6. The van der Waals surface area contributed by atoms with Crippen LogP contribution in [0.4, 0.5) is 5.95 Å². The van der Waals surface area contributed by atoms with Gasteiger partial charge in [-0.05, 0) is 38.3 Å². The van der Waals surface area contributed by atoms with E-state index in [2.05, 4.69) is 20.6 Å². The Balaban J connectivity index is 1.39. The Labute approximate surface area is 168 Å². The lowest BCUT2D eigenvalue weighted by Crippen LogP contribution is -2.49. The summed E-state index contributed by atoms with van der Waals surface area (Å²) in [6.45, 7) is 4.95. The summed E-state index contributed by atoms with van der Waals surface area (Å²) >= 11 is 0. The van der Waals surface area contributed by atoms with Crippen molar-refractivity contribution in [2.75, 3.05) is 18.0 Å². The van der Waals surface area contributed by atoms with Crippen LogP contribution in [0.3, 0.4) is 0 Å². The number of aryl methyl sites for hydroxylation is 1. The molecule has 3 heterocycles. The molecule has 1 aromatic carbocycles. The smallest absolute Gasteiger partial charge is 0.255 e. The van der Waals surface area contributed by atoms with E-state index in [1.54, 1.807) is 13.0 Å². The van der Waals surface area contributed by atoms with E-state index in [1.165, 1.54) is 0 Å². The number of nitrogens with zero attached hydrogens (tertiary/aromatic N) is 2. The maximum absolute atomic E-state index is 12.6. The minimum Gasteiger partial charge on any atom is -0.352 e. The number of nitrogens with one attached hydrogen (secondary N) is 3. The highest BCUT2D eigenvalue weighted by Gasteiger charge is 2.30. The van der Waals surface area contributed by atoms with Crippen LogP contribution in [-0.2, 0) is 4.79 Å². The van der Waals surface area contributed by atoms with Crippen molar-refractivity contribution in [3.63, 3.8) is 0 Å². The Hall–Kier alpha value is -3.16. The molecule has 2 aliphatic rings. The Kier molecular flexibility index (Phi) is 5.08. The summed E-state index contributed by atoms with van der Waals surface area (Å²) in [5, 5.41) is 5.96. The molecule has 3 N–H and O–H groups in total. The first-order valence-electron chi connectivity index (χ1n) is 9.94. The molecule has 1 saturated heterocycles. The van der Waals surface area contributed by atoms with Crippen molar-refractivity contribution in [2.45, 2.75) is 45.2 Å². The van der Waals surface area contributed by atoms with Gasteiger partial charge in [-0.15, -0.1) is 0 Å². The van der Waals surface area contributed by atoms with Crippen molar-refractivity contribution < 1.29 is 9.59 Å². The Morgan fingerprint density at radius 3 is 2.86 bits per heavy atom. The van der Waals surface area contributed by atoms with Crippen LogP contribution in [0.25, 0.3) is 0 Å². The number of amides is 2. The molecule has 2 aliphatic heterocycles. The van der Waals surface area contributed by atoms with Crippen molar-refractivity contribution in [2.24, 2.45) is 0 Å². The fourth-order valence-corrected chi connectivity index (χ4v) is 4.02. The Morgan fingerprint density at radius 2 is 2.07 bits per heavy atom. The van der Waals surface area contributed by atoms with E-state index in [0.29, 0.717) is 29.3 Å². The number of hydrogen-bond donors (Lipinski definition) is 3. The maximum Gasteiger partial charge on any atom is 0.255 e. The predicted molar refractivity (Wildman–Crippen MR) is 109 cm³/mol. The molecule has 8 heteroatoms. The molecule has 0 aliphatic carbocycles. The van der Waals surface area contributed by atoms with E-state index in [9.17, 15) is 14.4 Å². The van der Waals surface area contributed by atoms with Gasteiger partial charge in [-0.3, -0.25) is 19.4 Å². The third kappa shape index (κ3) is 3.87. The average Bonchev–Trinajstić information content (AvgIpc) is 3.01. The van der Waals surface area contributed by atoms with Gasteiger partial charge in [0.1, 0.15) is 0 Å². The van der Waals surface area contributed by atoms with Crippen molar-refractivity contribution in [1.29, 1.82) is 0 Å². The number of hydrogen-bond acceptors (Lipinski definition) is 5. The lowest BCUT2D eigenvalue weighted by Gasteiger charge is -2.33. The summed E-state index contributed by atoms with van der Waals surface area (Å²) in [5.41, 5.74) is 2.71. The molecule has 2 atom stereocenters. The highest BCUT2D eigenvalue weighted by atomic mass is 16.2. The number of piperidine rings is 1. The molecular weight excluding hydrogens is 370 g/mol. The average molecular weight is 395 g/mol. The van der Waals surface area contributed by atoms with Gasteiger partial charge in [0.05, 0.1) is 12.5 Å². The number of anilines is 1. The standard InChI is InChI=1S/C21H25N5O3/c1-12-13(2)22-21(25-19(12)28)26-9-5-6-14(11-26)23-18(27)10-17-15-7-3-4-8-16(15)20(29)24-17/h3-4,7-8,14,17H,5-6,9-11H2,1-2H3,(H,23,27)(H,24,29)(H,22,25,28). The SMILES string of the molecule is Cc1nc(N2CCCC(NC(=O)CC3NC(=O)c4ccccc43)C2)[nH]c(=O)c1C. The van der Waals surface area contributed by atoms with Crippen molar-refractivity contribution in [3.8, 4) is 0 Å². The van der Waals surface area contributed by atoms with Gasteiger partial charge in [0, 0.05) is 36.0 Å². The summed E-state index contributed by atoms with van der Waals surface area (Å²) in [6, 6.07) is 7.03. The van der Waals surface area contributed by atoms with Crippen LogP contribution < -0.4 is 21.1 Å². The number of benzene rings is 1. The van der Waals surface area contributed by atoms with Gasteiger partial charge in [0.25, 0.3) is 11.5 Å². The second-order valence-corrected chi connectivity index (χ2v) is 7.77. The van der Waals surface area contributed by atoms with Crippen LogP contribution in [-0.4, -0.2) is 40.9 Å². The van der Waals surface area contributed by atoms with Crippen LogP contribution >= 0.6 is 0 Å². The molecule has 0 radical (unpaired) electrons. The lowest BCUT2D eigenvalue weighted by atomic mass is 10.0. The molecule has 8 nitrogen and oxygen atoms in total. The molecule has 0 saturated carbocycles. The van der Waals surface area contributed by atoms with E-state index >= 15 is 0 Å². The lowest BCUT2D eigenvalue weighted by molar-refractivity contribution is -0.122. The number of carbonyl (C=O) groups excluding carboxylic acids is 2. The van der Waals surface area contributed by atoms with Crippen molar-refractivity contribution in [3.05, 3.63) is 57.0 Å². The van der Waals surface area contributed by atoms with Crippen LogP contribution in [0.15, 0.2) is 29.1 Å². The first kappa shape index (κ1) is 19.2. The zero-order valence-corrected chi connectivity index (χ0v) is 16.6. The number of H-pyrrole nitrogens is 1. The highest BCUT2D eigenvalue weighted by Crippen LogP contribution is 2.27. The minimum absolute atomic E-state index is 0.0319. The Morgan fingerprint density at radius 1 is 1.28 bits per heavy atom.